The van der Waals surface area contributed by atoms with Gasteiger partial charge in [0.1, 0.15) is 22.9 Å². The molecule has 0 saturated heterocycles. The summed E-state index contributed by atoms with van der Waals surface area (Å²) in [4.78, 5) is 11.7. The molecule has 1 atom stereocenters. The summed E-state index contributed by atoms with van der Waals surface area (Å²) >= 11 is 3.05. The van der Waals surface area contributed by atoms with Crippen LogP contribution in [-0.4, -0.2) is 24.8 Å². The zero-order valence-corrected chi connectivity index (χ0v) is 16.3. The molecule has 4 nitrogen and oxygen atoms in total. The van der Waals surface area contributed by atoms with E-state index in [1.807, 2.05) is 13.8 Å². The second-order valence-electron chi connectivity index (χ2n) is 7.01. The maximum absolute atomic E-state index is 13.8. The molecule has 7 heteroatoms. The van der Waals surface area contributed by atoms with Crippen molar-refractivity contribution >= 4 is 27.7 Å². The van der Waals surface area contributed by atoms with E-state index >= 15 is 0 Å². The highest BCUT2D eigenvalue weighted by molar-refractivity contribution is 9.10. The fraction of sp³-hybridized carbons (Fsp3) is 0.588. The molecule has 1 aromatic rings. The van der Waals surface area contributed by atoms with Gasteiger partial charge in [0.15, 0.2) is 0 Å². The Morgan fingerprint density at radius 1 is 1.21 bits per heavy atom. The van der Waals surface area contributed by atoms with Gasteiger partial charge in [-0.1, -0.05) is 29.8 Å². The van der Waals surface area contributed by atoms with E-state index in [1.54, 1.807) is 20.8 Å². The molecule has 1 rings (SSSR count). The normalized spacial score (nSPS) is 12.9. The molecule has 0 saturated carbocycles. The minimum Gasteiger partial charge on any atom is -0.444 e. The molecule has 0 spiro atoms. The standard InChI is InChI=1S/C17H25BrF2N2O2/c1-10(2)11(9-22-16(23)24-17(3,4)5)8-21-15-13(19)6-12(18)7-14(15)20/h6-7,10-11,21H,8-9H2,1-5H3,(H,22,23). The second kappa shape index (κ2) is 8.65. The van der Waals surface area contributed by atoms with Gasteiger partial charge in [-0.05, 0) is 44.7 Å². The quantitative estimate of drug-likeness (QED) is 0.703. The average Bonchev–Trinajstić information content (AvgIpc) is 2.38. The molecule has 1 aromatic carbocycles. The van der Waals surface area contributed by atoms with Gasteiger partial charge in [-0.3, -0.25) is 0 Å². The van der Waals surface area contributed by atoms with Gasteiger partial charge in [0, 0.05) is 17.6 Å². The number of amides is 1. The van der Waals surface area contributed by atoms with Crippen LogP contribution in [0.15, 0.2) is 16.6 Å². The number of halogens is 3. The zero-order valence-electron chi connectivity index (χ0n) is 14.7. The van der Waals surface area contributed by atoms with Gasteiger partial charge in [-0.15, -0.1) is 0 Å². The molecule has 2 N–H and O–H groups in total. The summed E-state index contributed by atoms with van der Waals surface area (Å²) < 4.78 is 33.2. The Balaban J connectivity index is 2.63. The van der Waals surface area contributed by atoms with Crippen LogP contribution in [0.4, 0.5) is 19.3 Å². The SMILES string of the molecule is CC(C)C(CNC(=O)OC(C)(C)C)CNc1c(F)cc(Br)cc1F. The molecule has 0 aliphatic rings. The van der Waals surface area contributed by atoms with Crippen molar-refractivity contribution in [3.05, 3.63) is 28.2 Å². The van der Waals surface area contributed by atoms with Crippen LogP contribution in [0, 0.1) is 23.5 Å². The van der Waals surface area contributed by atoms with Gasteiger partial charge in [0.05, 0.1) is 0 Å². The maximum Gasteiger partial charge on any atom is 0.407 e. The van der Waals surface area contributed by atoms with E-state index in [0.29, 0.717) is 17.6 Å². The first kappa shape index (κ1) is 20.7. The van der Waals surface area contributed by atoms with Crippen molar-refractivity contribution < 1.29 is 18.3 Å². The lowest BCUT2D eigenvalue weighted by Crippen LogP contribution is -2.38. The van der Waals surface area contributed by atoms with E-state index in [4.69, 9.17) is 4.74 Å². The Bertz CT molecular complexity index is 551. The molecule has 0 aromatic heterocycles. The smallest absolute Gasteiger partial charge is 0.407 e. The monoisotopic (exact) mass is 406 g/mol. The van der Waals surface area contributed by atoms with Crippen LogP contribution in [-0.2, 0) is 4.74 Å². The van der Waals surface area contributed by atoms with E-state index in [2.05, 4.69) is 26.6 Å². The number of hydrogen-bond acceptors (Lipinski definition) is 3. The lowest BCUT2D eigenvalue weighted by atomic mass is 9.95. The van der Waals surface area contributed by atoms with Crippen molar-refractivity contribution in [3.63, 3.8) is 0 Å². The third kappa shape index (κ3) is 7.03. The molecular weight excluding hydrogens is 382 g/mol. The van der Waals surface area contributed by atoms with Crippen molar-refractivity contribution in [3.8, 4) is 0 Å². The highest BCUT2D eigenvalue weighted by atomic mass is 79.9. The Labute approximate surface area is 150 Å². The lowest BCUT2D eigenvalue weighted by molar-refractivity contribution is 0.0516. The Hall–Kier alpha value is -1.37. The number of rotatable bonds is 6. The maximum atomic E-state index is 13.8. The Morgan fingerprint density at radius 3 is 2.21 bits per heavy atom. The van der Waals surface area contributed by atoms with Gasteiger partial charge < -0.3 is 15.4 Å². The highest BCUT2D eigenvalue weighted by Crippen LogP contribution is 2.24. The van der Waals surface area contributed by atoms with Gasteiger partial charge in [-0.25, -0.2) is 13.6 Å². The van der Waals surface area contributed by atoms with E-state index in [1.165, 1.54) is 12.1 Å². The van der Waals surface area contributed by atoms with Crippen molar-refractivity contribution in [2.24, 2.45) is 11.8 Å². The van der Waals surface area contributed by atoms with Gasteiger partial charge in [-0.2, -0.15) is 0 Å². The molecule has 0 bridgehead atoms. The number of benzene rings is 1. The first-order valence-corrected chi connectivity index (χ1v) is 8.64. The van der Waals surface area contributed by atoms with Gasteiger partial charge >= 0.3 is 6.09 Å². The van der Waals surface area contributed by atoms with Crippen molar-refractivity contribution in [1.29, 1.82) is 0 Å². The molecule has 24 heavy (non-hydrogen) atoms. The minimum absolute atomic E-state index is 0.0139. The molecule has 136 valence electrons. The van der Waals surface area contributed by atoms with E-state index in [-0.39, 0.29) is 17.5 Å². The Kier molecular flexibility index (Phi) is 7.45. The number of carbonyl (C=O) groups excluding carboxylic acids is 1. The largest absolute Gasteiger partial charge is 0.444 e. The number of carbonyl (C=O) groups is 1. The predicted molar refractivity (Wildman–Crippen MR) is 95.1 cm³/mol. The topological polar surface area (TPSA) is 50.4 Å². The van der Waals surface area contributed by atoms with Crippen LogP contribution in [0.25, 0.3) is 0 Å². The summed E-state index contributed by atoms with van der Waals surface area (Å²) in [6.45, 7) is 9.99. The van der Waals surface area contributed by atoms with E-state index < -0.39 is 23.3 Å². The highest BCUT2D eigenvalue weighted by Gasteiger charge is 2.20. The summed E-state index contributed by atoms with van der Waals surface area (Å²) in [6, 6.07) is 2.41. The fourth-order valence-electron chi connectivity index (χ4n) is 2.02. The molecule has 0 heterocycles. The van der Waals surface area contributed by atoms with Crippen molar-refractivity contribution in [1.82, 2.24) is 5.32 Å². The third-order valence-electron chi connectivity index (χ3n) is 3.40. The van der Waals surface area contributed by atoms with Crippen LogP contribution >= 0.6 is 15.9 Å². The molecule has 1 unspecified atom stereocenters. The molecule has 0 aliphatic heterocycles. The second-order valence-corrected chi connectivity index (χ2v) is 7.93. The number of alkyl carbamates (subject to hydrolysis) is 1. The van der Waals surface area contributed by atoms with Crippen LogP contribution < -0.4 is 10.6 Å². The molecule has 0 radical (unpaired) electrons. The number of anilines is 1. The first-order chi connectivity index (χ1) is 11.0. The summed E-state index contributed by atoms with van der Waals surface area (Å²) in [5.41, 5.74) is -0.736. The molecular formula is C17H25BrF2N2O2. The van der Waals surface area contributed by atoms with Crippen LogP contribution in [0.1, 0.15) is 34.6 Å². The van der Waals surface area contributed by atoms with Crippen LogP contribution in [0.2, 0.25) is 0 Å². The van der Waals surface area contributed by atoms with E-state index in [0.717, 1.165) is 0 Å². The third-order valence-corrected chi connectivity index (χ3v) is 3.86. The summed E-state index contributed by atoms with van der Waals surface area (Å²) in [7, 11) is 0. The van der Waals surface area contributed by atoms with Gasteiger partial charge in [0.2, 0.25) is 0 Å². The summed E-state index contributed by atoms with van der Waals surface area (Å²) in [5.74, 6) is -1.14. The lowest BCUT2D eigenvalue weighted by Gasteiger charge is -2.24. The number of hydrogen-bond donors (Lipinski definition) is 2. The molecule has 0 fully saturated rings. The summed E-state index contributed by atoms with van der Waals surface area (Å²) in [6.07, 6.45) is -0.505. The van der Waals surface area contributed by atoms with Crippen molar-refractivity contribution in [2.75, 3.05) is 18.4 Å². The van der Waals surface area contributed by atoms with E-state index in [9.17, 15) is 13.6 Å². The minimum atomic E-state index is -0.663. The zero-order chi connectivity index (χ0) is 18.5. The average molecular weight is 407 g/mol. The van der Waals surface area contributed by atoms with Gasteiger partial charge in [0.25, 0.3) is 0 Å². The first-order valence-electron chi connectivity index (χ1n) is 7.85. The Morgan fingerprint density at radius 2 is 1.75 bits per heavy atom. The fourth-order valence-corrected chi connectivity index (χ4v) is 2.42. The molecule has 0 aliphatic carbocycles. The molecule has 1 amide bonds. The summed E-state index contributed by atoms with van der Waals surface area (Å²) in [5, 5.41) is 5.50. The predicted octanol–water partition coefficient (Wildman–Crippen LogP) is 4.94. The number of ether oxygens (including phenoxy) is 1. The number of nitrogens with one attached hydrogen (secondary N) is 2. The van der Waals surface area contributed by atoms with Crippen LogP contribution in [0.3, 0.4) is 0 Å². The van der Waals surface area contributed by atoms with Crippen molar-refractivity contribution in [2.45, 2.75) is 40.2 Å². The van der Waals surface area contributed by atoms with Crippen LogP contribution in [0.5, 0.6) is 0 Å².